The second kappa shape index (κ2) is 5.47. The lowest BCUT2D eigenvalue weighted by atomic mass is 10.0. The number of oxime groups is 1. The summed E-state index contributed by atoms with van der Waals surface area (Å²) in [6.45, 7) is 5.66. The van der Waals surface area contributed by atoms with Crippen molar-refractivity contribution in [1.82, 2.24) is 4.90 Å². The first-order chi connectivity index (χ1) is 6.45. The highest BCUT2D eigenvalue weighted by molar-refractivity contribution is 6.01. The Morgan fingerprint density at radius 2 is 2.07 bits per heavy atom. The average Bonchev–Trinajstić information content (AvgIpc) is 2.16. The lowest BCUT2D eigenvalue weighted by Gasteiger charge is -2.25. The lowest BCUT2D eigenvalue weighted by molar-refractivity contribution is -0.133. The minimum Gasteiger partial charge on any atom is -0.409 e. The zero-order valence-corrected chi connectivity index (χ0v) is 9.19. The van der Waals surface area contributed by atoms with Gasteiger partial charge in [-0.15, -0.1) is 0 Å². The van der Waals surface area contributed by atoms with Crippen LogP contribution < -0.4 is 5.73 Å². The largest absolute Gasteiger partial charge is 0.409 e. The van der Waals surface area contributed by atoms with Gasteiger partial charge in [0, 0.05) is 13.1 Å². The number of carbonyl (C=O) groups excluding carboxylic acids is 1. The fourth-order valence-corrected chi connectivity index (χ4v) is 1.08. The van der Waals surface area contributed by atoms with E-state index >= 15 is 0 Å². The molecule has 0 aliphatic heterocycles. The topological polar surface area (TPSA) is 78.9 Å². The number of amides is 1. The molecule has 5 nitrogen and oxygen atoms in total. The van der Waals surface area contributed by atoms with E-state index in [1.54, 1.807) is 11.9 Å². The number of amidine groups is 1. The van der Waals surface area contributed by atoms with Gasteiger partial charge in [-0.25, -0.2) is 0 Å². The second-order valence-corrected chi connectivity index (χ2v) is 3.53. The molecule has 0 saturated heterocycles. The van der Waals surface area contributed by atoms with E-state index in [4.69, 9.17) is 10.9 Å². The van der Waals surface area contributed by atoms with E-state index in [0.717, 1.165) is 0 Å². The van der Waals surface area contributed by atoms with Gasteiger partial charge < -0.3 is 15.8 Å². The van der Waals surface area contributed by atoms with Crippen molar-refractivity contribution in [3.05, 3.63) is 0 Å². The minimum atomic E-state index is -0.521. The molecule has 0 rings (SSSR count). The highest BCUT2D eigenvalue weighted by Crippen LogP contribution is 2.09. The number of rotatable bonds is 4. The van der Waals surface area contributed by atoms with Crippen LogP contribution in [0.2, 0.25) is 0 Å². The van der Waals surface area contributed by atoms with Gasteiger partial charge in [0.15, 0.2) is 5.84 Å². The highest BCUT2D eigenvalue weighted by atomic mass is 16.4. The summed E-state index contributed by atoms with van der Waals surface area (Å²) >= 11 is 0. The number of hydrogen-bond acceptors (Lipinski definition) is 3. The van der Waals surface area contributed by atoms with Crippen molar-refractivity contribution in [3.63, 3.8) is 0 Å². The van der Waals surface area contributed by atoms with Crippen LogP contribution in [0, 0.1) is 5.92 Å². The van der Waals surface area contributed by atoms with Crippen molar-refractivity contribution in [1.29, 1.82) is 0 Å². The van der Waals surface area contributed by atoms with Crippen molar-refractivity contribution in [2.45, 2.75) is 33.2 Å². The summed E-state index contributed by atoms with van der Waals surface area (Å²) in [5, 5.41) is 11.4. The molecular formula is C9H19N3O2. The maximum absolute atomic E-state index is 11.8. The summed E-state index contributed by atoms with van der Waals surface area (Å²) in [6.07, 6.45) is 0.534. The Bertz CT molecular complexity index is 226. The molecule has 0 aromatic carbocycles. The normalized spacial score (nSPS) is 14.2. The molecule has 82 valence electrons. The van der Waals surface area contributed by atoms with Crippen LogP contribution in [0.3, 0.4) is 0 Å². The van der Waals surface area contributed by atoms with E-state index in [1.807, 2.05) is 20.8 Å². The Morgan fingerprint density at radius 1 is 1.57 bits per heavy atom. The summed E-state index contributed by atoms with van der Waals surface area (Å²) in [7, 11) is 1.71. The molecule has 3 N–H and O–H groups in total. The van der Waals surface area contributed by atoms with Crippen molar-refractivity contribution >= 4 is 11.7 Å². The molecule has 1 amide bonds. The molecule has 0 aliphatic rings. The Hall–Kier alpha value is -1.26. The second-order valence-electron chi connectivity index (χ2n) is 3.53. The van der Waals surface area contributed by atoms with E-state index in [1.165, 1.54) is 0 Å². The molecular weight excluding hydrogens is 182 g/mol. The molecule has 0 saturated carbocycles. The third-order valence-corrected chi connectivity index (χ3v) is 2.30. The van der Waals surface area contributed by atoms with Crippen LogP contribution >= 0.6 is 0 Å². The van der Waals surface area contributed by atoms with Crippen LogP contribution in [-0.2, 0) is 4.79 Å². The van der Waals surface area contributed by atoms with Gasteiger partial charge in [0.05, 0.1) is 5.92 Å². The smallest absolute Gasteiger partial charge is 0.233 e. The molecule has 0 spiro atoms. The van der Waals surface area contributed by atoms with E-state index in [-0.39, 0.29) is 17.8 Å². The van der Waals surface area contributed by atoms with E-state index in [2.05, 4.69) is 5.16 Å². The van der Waals surface area contributed by atoms with E-state index in [9.17, 15) is 4.79 Å². The molecule has 0 radical (unpaired) electrons. The predicted octanol–water partition coefficient (Wildman–Crippen LogP) is 0.626. The molecule has 14 heavy (non-hydrogen) atoms. The van der Waals surface area contributed by atoms with Gasteiger partial charge >= 0.3 is 0 Å². The third-order valence-electron chi connectivity index (χ3n) is 2.30. The number of nitrogens with zero attached hydrogens (tertiary/aromatic N) is 2. The maximum atomic E-state index is 11.8. The van der Waals surface area contributed by atoms with E-state index in [0.29, 0.717) is 6.42 Å². The zero-order chi connectivity index (χ0) is 11.3. The summed E-state index contributed by atoms with van der Waals surface area (Å²) in [4.78, 5) is 13.4. The Balaban J connectivity index is 4.63. The van der Waals surface area contributed by atoms with Crippen LogP contribution in [0.25, 0.3) is 0 Å². The SMILES string of the molecule is CCC(C(=O)N(C)C(C)C)C(N)=NO. The van der Waals surface area contributed by atoms with Crippen molar-refractivity contribution in [2.75, 3.05) is 7.05 Å². The molecule has 1 unspecified atom stereocenters. The fourth-order valence-electron chi connectivity index (χ4n) is 1.08. The van der Waals surface area contributed by atoms with Crippen LogP contribution in [0.5, 0.6) is 0 Å². The first kappa shape index (κ1) is 12.7. The fraction of sp³-hybridized carbons (Fsp3) is 0.778. The van der Waals surface area contributed by atoms with Gasteiger partial charge in [0.1, 0.15) is 0 Å². The summed E-state index contributed by atoms with van der Waals surface area (Å²) in [5.74, 6) is -0.657. The van der Waals surface area contributed by atoms with Gasteiger partial charge in [-0.2, -0.15) is 0 Å². The molecule has 0 fully saturated rings. The molecule has 0 bridgehead atoms. The summed E-state index contributed by atoms with van der Waals surface area (Å²) in [6, 6.07) is 0.114. The van der Waals surface area contributed by atoms with E-state index < -0.39 is 5.92 Å². The quantitative estimate of drug-likeness (QED) is 0.303. The summed E-state index contributed by atoms with van der Waals surface area (Å²) < 4.78 is 0. The van der Waals surface area contributed by atoms with Crippen molar-refractivity contribution < 1.29 is 10.0 Å². The third kappa shape index (κ3) is 2.90. The van der Waals surface area contributed by atoms with Crippen LogP contribution in [0.1, 0.15) is 27.2 Å². The molecule has 0 aromatic heterocycles. The van der Waals surface area contributed by atoms with Crippen molar-refractivity contribution in [2.24, 2.45) is 16.8 Å². The van der Waals surface area contributed by atoms with Gasteiger partial charge in [-0.1, -0.05) is 12.1 Å². The molecule has 0 heterocycles. The van der Waals surface area contributed by atoms with Gasteiger partial charge in [0.25, 0.3) is 0 Å². The van der Waals surface area contributed by atoms with Gasteiger partial charge in [0.2, 0.25) is 5.91 Å². The number of hydrogen-bond donors (Lipinski definition) is 2. The van der Waals surface area contributed by atoms with Crippen LogP contribution in [0.15, 0.2) is 5.16 Å². The van der Waals surface area contributed by atoms with Gasteiger partial charge in [-0.3, -0.25) is 4.79 Å². The number of nitrogens with two attached hydrogens (primary N) is 1. The average molecular weight is 201 g/mol. The molecule has 5 heteroatoms. The Morgan fingerprint density at radius 3 is 2.36 bits per heavy atom. The Labute approximate surface area is 84.6 Å². The first-order valence-electron chi connectivity index (χ1n) is 4.69. The van der Waals surface area contributed by atoms with Crippen LogP contribution in [-0.4, -0.2) is 34.9 Å². The number of carbonyl (C=O) groups is 1. The highest BCUT2D eigenvalue weighted by Gasteiger charge is 2.25. The molecule has 1 atom stereocenters. The monoisotopic (exact) mass is 201 g/mol. The zero-order valence-electron chi connectivity index (χ0n) is 9.19. The van der Waals surface area contributed by atoms with Crippen LogP contribution in [0.4, 0.5) is 0 Å². The molecule has 0 aromatic rings. The first-order valence-corrected chi connectivity index (χ1v) is 4.69. The standard InChI is InChI=1S/C9H19N3O2/c1-5-7(8(10)11-14)9(13)12(4)6(2)3/h6-7,14H,5H2,1-4H3,(H2,10,11). The predicted molar refractivity (Wildman–Crippen MR) is 55.1 cm³/mol. The summed E-state index contributed by atoms with van der Waals surface area (Å²) in [5.41, 5.74) is 5.42. The lowest BCUT2D eigenvalue weighted by Crippen LogP contribution is -2.42. The minimum absolute atomic E-state index is 0.0231. The van der Waals surface area contributed by atoms with Crippen molar-refractivity contribution in [3.8, 4) is 0 Å². The molecule has 0 aliphatic carbocycles. The van der Waals surface area contributed by atoms with Gasteiger partial charge in [-0.05, 0) is 20.3 Å². The maximum Gasteiger partial charge on any atom is 0.233 e. The Kier molecular flexibility index (Phi) is 4.97.